The topological polar surface area (TPSA) is 77.6 Å². The molecule has 1 unspecified atom stereocenters. The summed E-state index contributed by atoms with van der Waals surface area (Å²) < 4.78 is 4.00. The lowest BCUT2D eigenvalue weighted by Gasteiger charge is -2.18. The molecule has 2 N–H and O–H groups in total. The molecule has 2 rings (SSSR count). The van der Waals surface area contributed by atoms with E-state index in [1.54, 1.807) is 18.6 Å². The molecule has 2 aromatic rings. The zero-order valence-corrected chi connectivity index (χ0v) is 10.9. The van der Waals surface area contributed by atoms with Crippen molar-refractivity contribution in [3.8, 4) is 0 Å². The van der Waals surface area contributed by atoms with Gasteiger partial charge in [0.2, 0.25) is 0 Å². The summed E-state index contributed by atoms with van der Waals surface area (Å²) in [6.07, 6.45) is 4.95. The molecule has 90 valence electrons. The highest BCUT2D eigenvalue weighted by molar-refractivity contribution is 7.05. The predicted molar refractivity (Wildman–Crippen MR) is 66.7 cm³/mol. The molecule has 0 aliphatic rings. The summed E-state index contributed by atoms with van der Waals surface area (Å²) >= 11 is 1.33. The highest BCUT2D eigenvalue weighted by Crippen LogP contribution is 2.31. The van der Waals surface area contributed by atoms with E-state index in [9.17, 15) is 0 Å². The van der Waals surface area contributed by atoms with E-state index in [-0.39, 0.29) is 11.5 Å². The van der Waals surface area contributed by atoms with Crippen molar-refractivity contribution < 1.29 is 0 Å². The third-order valence-corrected chi connectivity index (χ3v) is 3.22. The Morgan fingerprint density at radius 2 is 2.06 bits per heavy atom. The Balaban J connectivity index is 2.39. The lowest BCUT2D eigenvalue weighted by Crippen LogP contribution is -2.20. The zero-order chi connectivity index (χ0) is 12.5. The van der Waals surface area contributed by atoms with Gasteiger partial charge >= 0.3 is 0 Å². The van der Waals surface area contributed by atoms with Gasteiger partial charge in [-0.2, -0.15) is 0 Å². The van der Waals surface area contributed by atoms with E-state index in [1.165, 1.54) is 11.5 Å². The smallest absolute Gasteiger partial charge is 0.0871 e. The Morgan fingerprint density at radius 3 is 2.65 bits per heavy atom. The second-order valence-corrected chi connectivity index (χ2v) is 5.63. The first-order valence-electron chi connectivity index (χ1n) is 5.34. The van der Waals surface area contributed by atoms with Crippen LogP contribution in [0.4, 0.5) is 0 Å². The number of rotatable bonds is 2. The highest BCUT2D eigenvalue weighted by Gasteiger charge is 2.26. The molecule has 17 heavy (non-hydrogen) atoms. The maximum atomic E-state index is 6.19. The van der Waals surface area contributed by atoms with Gasteiger partial charge < -0.3 is 5.73 Å². The van der Waals surface area contributed by atoms with Crippen LogP contribution < -0.4 is 5.73 Å². The monoisotopic (exact) mass is 249 g/mol. The van der Waals surface area contributed by atoms with Crippen molar-refractivity contribution >= 4 is 11.5 Å². The van der Waals surface area contributed by atoms with Gasteiger partial charge in [0.05, 0.1) is 28.5 Å². The molecule has 5 nitrogen and oxygen atoms in total. The predicted octanol–water partition coefficient (Wildman–Crippen LogP) is 1.67. The largest absolute Gasteiger partial charge is 0.318 e. The molecule has 1 atom stereocenters. The van der Waals surface area contributed by atoms with Crippen LogP contribution in [0.1, 0.15) is 43.1 Å². The third kappa shape index (κ3) is 2.48. The maximum absolute atomic E-state index is 6.19. The van der Waals surface area contributed by atoms with Crippen LogP contribution in [0.25, 0.3) is 0 Å². The Kier molecular flexibility index (Phi) is 3.17. The van der Waals surface area contributed by atoms with E-state index in [2.05, 4.69) is 40.3 Å². The van der Waals surface area contributed by atoms with Crippen LogP contribution in [0.5, 0.6) is 0 Å². The second kappa shape index (κ2) is 4.46. The zero-order valence-electron chi connectivity index (χ0n) is 10.1. The van der Waals surface area contributed by atoms with Gasteiger partial charge in [0.15, 0.2) is 0 Å². The molecule has 0 aliphatic heterocycles. The van der Waals surface area contributed by atoms with E-state index in [1.807, 2.05) is 0 Å². The summed E-state index contributed by atoms with van der Waals surface area (Å²) in [7, 11) is 0. The summed E-state index contributed by atoms with van der Waals surface area (Å²) in [5.74, 6) is 0. The molecule has 0 aromatic carbocycles. The van der Waals surface area contributed by atoms with Crippen LogP contribution in [0.2, 0.25) is 0 Å². The SMILES string of the molecule is CC(C)(C)c1nnsc1C(N)c1cnccn1. The van der Waals surface area contributed by atoms with Crippen molar-refractivity contribution in [1.82, 2.24) is 19.6 Å². The van der Waals surface area contributed by atoms with Crippen LogP contribution in [-0.2, 0) is 5.41 Å². The average Bonchev–Trinajstić information content (AvgIpc) is 2.78. The minimum absolute atomic E-state index is 0.0673. The van der Waals surface area contributed by atoms with Gasteiger partial charge in [-0.25, -0.2) is 0 Å². The fourth-order valence-electron chi connectivity index (χ4n) is 1.53. The molecule has 0 saturated heterocycles. The quantitative estimate of drug-likeness (QED) is 0.876. The fraction of sp³-hybridized carbons (Fsp3) is 0.455. The van der Waals surface area contributed by atoms with E-state index in [0.717, 1.165) is 16.3 Å². The maximum Gasteiger partial charge on any atom is 0.0871 e. The molecular weight excluding hydrogens is 234 g/mol. The second-order valence-electron chi connectivity index (χ2n) is 4.84. The number of aromatic nitrogens is 4. The Labute approximate surface area is 104 Å². The van der Waals surface area contributed by atoms with Gasteiger partial charge in [-0.1, -0.05) is 25.3 Å². The normalized spacial score (nSPS) is 13.6. The van der Waals surface area contributed by atoms with Crippen LogP contribution in [0.3, 0.4) is 0 Å². The summed E-state index contributed by atoms with van der Waals surface area (Å²) in [6, 6.07) is -0.307. The van der Waals surface area contributed by atoms with E-state index >= 15 is 0 Å². The van der Waals surface area contributed by atoms with Gasteiger partial charge in [-0.15, -0.1) is 5.10 Å². The number of hydrogen-bond donors (Lipinski definition) is 1. The van der Waals surface area contributed by atoms with Gasteiger partial charge in [0.1, 0.15) is 0 Å². The first-order valence-corrected chi connectivity index (χ1v) is 6.11. The minimum atomic E-state index is -0.307. The molecule has 2 aromatic heterocycles. The number of nitrogens with zero attached hydrogens (tertiary/aromatic N) is 4. The average molecular weight is 249 g/mol. The first kappa shape index (κ1) is 12.1. The van der Waals surface area contributed by atoms with Crippen molar-refractivity contribution in [1.29, 1.82) is 0 Å². The lowest BCUT2D eigenvalue weighted by atomic mass is 9.90. The van der Waals surface area contributed by atoms with Crippen LogP contribution in [0.15, 0.2) is 18.6 Å². The summed E-state index contributed by atoms with van der Waals surface area (Å²) in [5, 5.41) is 4.17. The van der Waals surface area contributed by atoms with E-state index < -0.39 is 0 Å². The first-order chi connectivity index (χ1) is 8.00. The van der Waals surface area contributed by atoms with E-state index in [0.29, 0.717) is 0 Å². The molecule has 0 saturated carbocycles. The molecule has 0 spiro atoms. The molecule has 0 bridgehead atoms. The molecule has 0 amide bonds. The number of hydrogen-bond acceptors (Lipinski definition) is 6. The molecule has 2 heterocycles. The summed E-state index contributed by atoms with van der Waals surface area (Å²) in [6.45, 7) is 6.28. The molecule has 0 radical (unpaired) electrons. The molecule has 0 aliphatic carbocycles. The fourth-order valence-corrected chi connectivity index (χ4v) is 2.41. The molecule has 6 heteroatoms. The highest BCUT2D eigenvalue weighted by atomic mass is 32.1. The standard InChI is InChI=1S/C11H15N5S/c1-11(2,3)10-9(17-16-15-10)8(12)7-6-13-4-5-14-7/h4-6,8H,12H2,1-3H3. The minimum Gasteiger partial charge on any atom is -0.318 e. The molecular formula is C11H15N5S. The lowest BCUT2D eigenvalue weighted by molar-refractivity contribution is 0.556. The van der Waals surface area contributed by atoms with Gasteiger partial charge in [-0.3, -0.25) is 9.97 Å². The van der Waals surface area contributed by atoms with Gasteiger partial charge in [-0.05, 0) is 11.5 Å². The van der Waals surface area contributed by atoms with Crippen molar-refractivity contribution in [2.75, 3.05) is 0 Å². The summed E-state index contributed by atoms with van der Waals surface area (Å²) in [5.41, 5.74) is 7.79. The Bertz CT molecular complexity index is 488. The number of nitrogens with two attached hydrogens (primary N) is 1. The van der Waals surface area contributed by atoms with Gasteiger partial charge in [0.25, 0.3) is 0 Å². The van der Waals surface area contributed by atoms with Crippen molar-refractivity contribution in [3.05, 3.63) is 34.9 Å². The Hall–Kier alpha value is -1.40. The summed E-state index contributed by atoms with van der Waals surface area (Å²) in [4.78, 5) is 9.21. The van der Waals surface area contributed by atoms with Crippen LogP contribution in [0, 0.1) is 0 Å². The van der Waals surface area contributed by atoms with Gasteiger partial charge in [0, 0.05) is 17.8 Å². The molecule has 0 fully saturated rings. The van der Waals surface area contributed by atoms with Crippen molar-refractivity contribution in [3.63, 3.8) is 0 Å². The van der Waals surface area contributed by atoms with Crippen molar-refractivity contribution in [2.24, 2.45) is 5.73 Å². The van der Waals surface area contributed by atoms with Crippen molar-refractivity contribution in [2.45, 2.75) is 32.2 Å². The van der Waals surface area contributed by atoms with Crippen LogP contribution in [-0.4, -0.2) is 19.6 Å². The van der Waals surface area contributed by atoms with E-state index in [4.69, 9.17) is 5.73 Å². The Morgan fingerprint density at radius 1 is 1.29 bits per heavy atom. The van der Waals surface area contributed by atoms with Crippen LogP contribution >= 0.6 is 11.5 Å². The third-order valence-electron chi connectivity index (χ3n) is 2.41.